The minimum atomic E-state index is -0.331. The van der Waals surface area contributed by atoms with Gasteiger partial charge < -0.3 is 14.6 Å². The molecule has 1 saturated heterocycles. The zero-order chi connectivity index (χ0) is 18.0. The van der Waals surface area contributed by atoms with Gasteiger partial charge in [-0.25, -0.2) is 0 Å². The van der Waals surface area contributed by atoms with E-state index in [1.165, 1.54) is 0 Å². The maximum Gasteiger partial charge on any atom is 0.229 e. The summed E-state index contributed by atoms with van der Waals surface area (Å²) in [5, 5.41) is 3.06. The molecule has 0 bridgehead atoms. The van der Waals surface area contributed by atoms with Gasteiger partial charge in [0.1, 0.15) is 5.76 Å². The average Bonchev–Trinajstić information content (AvgIpc) is 3.20. The zero-order valence-corrected chi connectivity index (χ0v) is 14.9. The largest absolute Gasteiger partial charge is 0.467 e. The Kier molecular flexibility index (Phi) is 4.93. The van der Waals surface area contributed by atoms with Crippen molar-refractivity contribution in [3.05, 3.63) is 53.5 Å². The van der Waals surface area contributed by atoms with E-state index in [4.69, 9.17) is 4.42 Å². The van der Waals surface area contributed by atoms with Gasteiger partial charge in [-0.05, 0) is 36.1 Å². The number of nitrogens with zero attached hydrogens (tertiary/aromatic N) is 1. The van der Waals surface area contributed by atoms with Crippen LogP contribution in [0.4, 0.5) is 5.69 Å². The molecule has 2 amide bonds. The third-order valence-electron chi connectivity index (χ3n) is 4.69. The summed E-state index contributed by atoms with van der Waals surface area (Å²) in [5.74, 6) is 0.616. The van der Waals surface area contributed by atoms with Crippen LogP contribution in [0.2, 0.25) is 0 Å². The molecule has 25 heavy (non-hydrogen) atoms. The number of para-hydroxylation sites is 1. The standard InChI is InChI=1S/C20H24N2O3/c1-13(2)17-8-4-6-14(3)19(17)21-20(24)15-10-18(23)22(11-15)12-16-7-5-9-25-16/h4-9,13,15H,10-12H2,1-3H3,(H,21,24). The van der Waals surface area contributed by atoms with Crippen LogP contribution in [0.15, 0.2) is 41.0 Å². The Balaban J connectivity index is 1.70. The second-order valence-corrected chi connectivity index (χ2v) is 6.94. The summed E-state index contributed by atoms with van der Waals surface area (Å²) in [6, 6.07) is 9.67. The van der Waals surface area contributed by atoms with Crippen molar-refractivity contribution in [3.8, 4) is 0 Å². The molecule has 1 atom stereocenters. The van der Waals surface area contributed by atoms with Crippen molar-refractivity contribution >= 4 is 17.5 Å². The fraction of sp³-hybridized carbons (Fsp3) is 0.400. The molecule has 1 aromatic carbocycles. The summed E-state index contributed by atoms with van der Waals surface area (Å²) in [5.41, 5.74) is 3.03. The van der Waals surface area contributed by atoms with Crippen molar-refractivity contribution in [1.29, 1.82) is 0 Å². The molecule has 0 spiro atoms. The van der Waals surface area contributed by atoms with E-state index in [-0.39, 0.29) is 24.2 Å². The van der Waals surface area contributed by atoms with Crippen LogP contribution in [0.3, 0.4) is 0 Å². The summed E-state index contributed by atoms with van der Waals surface area (Å²) in [6.45, 7) is 7.04. The molecule has 1 aromatic heterocycles. The smallest absolute Gasteiger partial charge is 0.229 e. The van der Waals surface area contributed by atoms with Crippen LogP contribution in [0.25, 0.3) is 0 Å². The Labute approximate surface area is 148 Å². The van der Waals surface area contributed by atoms with Gasteiger partial charge in [-0.2, -0.15) is 0 Å². The third-order valence-corrected chi connectivity index (χ3v) is 4.69. The number of nitrogens with one attached hydrogen (secondary N) is 1. The number of amides is 2. The van der Waals surface area contributed by atoms with Crippen LogP contribution < -0.4 is 5.32 Å². The Morgan fingerprint density at radius 1 is 1.32 bits per heavy atom. The van der Waals surface area contributed by atoms with E-state index in [1.54, 1.807) is 17.2 Å². The molecule has 2 aromatic rings. The minimum Gasteiger partial charge on any atom is -0.467 e. The van der Waals surface area contributed by atoms with Gasteiger partial charge in [-0.15, -0.1) is 0 Å². The molecule has 3 rings (SSSR count). The molecule has 0 aliphatic carbocycles. The lowest BCUT2D eigenvalue weighted by atomic mass is 9.97. The first-order valence-electron chi connectivity index (χ1n) is 8.66. The van der Waals surface area contributed by atoms with Crippen molar-refractivity contribution in [3.63, 3.8) is 0 Å². The Morgan fingerprint density at radius 2 is 2.12 bits per heavy atom. The summed E-state index contributed by atoms with van der Waals surface area (Å²) < 4.78 is 5.30. The van der Waals surface area contributed by atoms with E-state index in [1.807, 2.05) is 31.2 Å². The second kappa shape index (κ2) is 7.13. The Morgan fingerprint density at radius 3 is 2.80 bits per heavy atom. The molecule has 2 heterocycles. The summed E-state index contributed by atoms with van der Waals surface area (Å²) >= 11 is 0. The van der Waals surface area contributed by atoms with E-state index in [2.05, 4.69) is 19.2 Å². The number of carbonyl (C=O) groups is 2. The van der Waals surface area contributed by atoms with Crippen LogP contribution in [0, 0.1) is 12.8 Å². The van der Waals surface area contributed by atoms with Crippen LogP contribution >= 0.6 is 0 Å². The molecular weight excluding hydrogens is 316 g/mol. The highest BCUT2D eigenvalue weighted by Gasteiger charge is 2.35. The first-order valence-corrected chi connectivity index (χ1v) is 8.66. The molecule has 0 saturated carbocycles. The lowest BCUT2D eigenvalue weighted by molar-refractivity contribution is -0.128. The van der Waals surface area contributed by atoms with Crippen LogP contribution in [-0.2, 0) is 16.1 Å². The van der Waals surface area contributed by atoms with Crippen molar-refractivity contribution in [2.75, 3.05) is 11.9 Å². The van der Waals surface area contributed by atoms with Gasteiger partial charge in [0.25, 0.3) is 0 Å². The number of aryl methyl sites for hydroxylation is 1. The van der Waals surface area contributed by atoms with Gasteiger partial charge in [0.2, 0.25) is 11.8 Å². The Hall–Kier alpha value is -2.56. The zero-order valence-electron chi connectivity index (χ0n) is 14.9. The van der Waals surface area contributed by atoms with Crippen LogP contribution in [0.5, 0.6) is 0 Å². The number of carbonyl (C=O) groups excluding carboxylic acids is 2. The molecule has 5 heteroatoms. The number of anilines is 1. The van der Waals surface area contributed by atoms with Crippen molar-refractivity contribution in [2.45, 2.75) is 39.7 Å². The highest BCUT2D eigenvalue weighted by atomic mass is 16.3. The van der Waals surface area contributed by atoms with Crippen LogP contribution in [0.1, 0.15) is 43.1 Å². The SMILES string of the molecule is Cc1cccc(C(C)C)c1NC(=O)C1CC(=O)N(Cc2ccco2)C1. The van der Waals surface area contributed by atoms with Crippen LogP contribution in [-0.4, -0.2) is 23.3 Å². The van der Waals surface area contributed by atoms with Gasteiger partial charge in [0, 0.05) is 18.7 Å². The molecule has 132 valence electrons. The molecule has 1 N–H and O–H groups in total. The van der Waals surface area contributed by atoms with Crippen molar-refractivity contribution in [1.82, 2.24) is 4.90 Å². The fourth-order valence-corrected chi connectivity index (χ4v) is 3.26. The molecule has 1 aliphatic heterocycles. The van der Waals surface area contributed by atoms with Gasteiger partial charge >= 0.3 is 0 Å². The summed E-state index contributed by atoms with van der Waals surface area (Å²) in [6.07, 6.45) is 1.83. The quantitative estimate of drug-likeness (QED) is 0.903. The first kappa shape index (κ1) is 17.3. The monoisotopic (exact) mass is 340 g/mol. The second-order valence-electron chi connectivity index (χ2n) is 6.94. The molecule has 1 fully saturated rings. The topological polar surface area (TPSA) is 62.6 Å². The fourth-order valence-electron chi connectivity index (χ4n) is 3.26. The molecular formula is C20H24N2O3. The third kappa shape index (κ3) is 3.76. The van der Waals surface area contributed by atoms with E-state index < -0.39 is 0 Å². The molecule has 1 aliphatic rings. The van der Waals surface area contributed by atoms with Gasteiger partial charge in [-0.1, -0.05) is 32.0 Å². The highest BCUT2D eigenvalue weighted by Crippen LogP contribution is 2.29. The number of likely N-dealkylation sites (tertiary alicyclic amines) is 1. The number of hydrogen-bond acceptors (Lipinski definition) is 3. The predicted molar refractivity (Wildman–Crippen MR) is 96.1 cm³/mol. The molecule has 1 unspecified atom stereocenters. The molecule has 5 nitrogen and oxygen atoms in total. The van der Waals surface area contributed by atoms with E-state index in [0.717, 1.165) is 22.6 Å². The van der Waals surface area contributed by atoms with Gasteiger partial charge in [0.15, 0.2) is 0 Å². The summed E-state index contributed by atoms with van der Waals surface area (Å²) in [7, 11) is 0. The maximum atomic E-state index is 12.7. The summed E-state index contributed by atoms with van der Waals surface area (Å²) in [4.78, 5) is 26.6. The number of furan rings is 1. The predicted octanol–water partition coefficient (Wildman–Crippen LogP) is 3.70. The lowest BCUT2D eigenvalue weighted by Crippen LogP contribution is -2.28. The van der Waals surface area contributed by atoms with Crippen molar-refractivity contribution < 1.29 is 14.0 Å². The van der Waals surface area contributed by atoms with Crippen molar-refractivity contribution in [2.24, 2.45) is 5.92 Å². The normalized spacial score (nSPS) is 17.4. The lowest BCUT2D eigenvalue weighted by Gasteiger charge is -2.19. The van der Waals surface area contributed by atoms with E-state index in [9.17, 15) is 9.59 Å². The first-order chi connectivity index (χ1) is 12.0. The highest BCUT2D eigenvalue weighted by molar-refractivity contribution is 5.98. The van der Waals surface area contributed by atoms with Gasteiger partial charge in [-0.3, -0.25) is 9.59 Å². The molecule has 0 radical (unpaired) electrons. The van der Waals surface area contributed by atoms with Gasteiger partial charge in [0.05, 0.1) is 18.7 Å². The Bertz CT molecular complexity index is 765. The van der Waals surface area contributed by atoms with E-state index >= 15 is 0 Å². The average molecular weight is 340 g/mol. The van der Waals surface area contributed by atoms with E-state index in [0.29, 0.717) is 19.0 Å². The number of rotatable bonds is 5. The minimum absolute atomic E-state index is 0.00887. The number of hydrogen-bond donors (Lipinski definition) is 1. The maximum absolute atomic E-state index is 12.7. The number of benzene rings is 1.